The van der Waals surface area contributed by atoms with Crippen LogP contribution in [0.1, 0.15) is 36.5 Å². The van der Waals surface area contributed by atoms with E-state index in [2.05, 4.69) is 17.6 Å². The highest BCUT2D eigenvalue weighted by molar-refractivity contribution is 5.94. The summed E-state index contributed by atoms with van der Waals surface area (Å²) in [6.45, 7) is 3.03. The minimum atomic E-state index is 0.0285. The highest BCUT2D eigenvalue weighted by Crippen LogP contribution is 2.39. The third kappa shape index (κ3) is 2.78. The molecule has 3 nitrogen and oxygen atoms in total. The van der Waals surface area contributed by atoms with E-state index < -0.39 is 0 Å². The quantitative estimate of drug-likeness (QED) is 0.838. The van der Waals surface area contributed by atoms with Crippen molar-refractivity contribution in [3.05, 3.63) is 29.8 Å². The summed E-state index contributed by atoms with van der Waals surface area (Å²) in [6.07, 6.45) is 3.75. The van der Waals surface area contributed by atoms with Crippen LogP contribution in [0.5, 0.6) is 0 Å². The standard InChI is InChI=1S/C14H20N2O/c1-14(8-3-9-14)10-16-13(17)11-4-6-12(15-2)7-5-11/h4-7,15H,3,8-10H2,1-2H3,(H,16,17). The average Bonchev–Trinajstić information content (AvgIpc) is 2.33. The first-order chi connectivity index (χ1) is 8.13. The molecule has 17 heavy (non-hydrogen) atoms. The van der Waals surface area contributed by atoms with Crippen LogP contribution in [-0.4, -0.2) is 19.5 Å². The molecule has 3 heteroatoms. The number of carbonyl (C=O) groups excluding carboxylic acids is 1. The molecule has 0 radical (unpaired) electrons. The smallest absolute Gasteiger partial charge is 0.251 e. The first-order valence-corrected chi connectivity index (χ1v) is 6.19. The summed E-state index contributed by atoms with van der Waals surface area (Å²) in [6, 6.07) is 7.54. The minimum Gasteiger partial charge on any atom is -0.388 e. The zero-order valence-corrected chi connectivity index (χ0v) is 10.5. The SMILES string of the molecule is CNc1ccc(C(=O)NCC2(C)CCC2)cc1. The minimum absolute atomic E-state index is 0.0285. The number of anilines is 1. The maximum absolute atomic E-state index is 11.9. The first kappa shape index (κ1) is 12.0. The van der Waals surface area contributed by atoms with Crippen molar-refractivity contribution < 1.29 is 4.79 Å². The van der Waals surface area contributed by atoms with Crippen LogP contribution < -0.4 is 10.6 Å². The second-order valence-corrected chi connectivity index (χ2v) is 5.17. The summed E-state index contributed by atoms with van der Waals surface area (Å²) in [5.74, 6) is 0.0285. The van der Waals surface area contributed by atoms with Crippen LogP contribution in [0.15, 0.2) is 24.3 Å². The van der Waals surface area contributed by atoms with Crippen LogP contribution in [-0.2, 0) is 0 Å². The molecule has 0 heterocycles. The molecule has 2 N–H and O–H groups in total. The molecule has 1 aliphatic carbocycles. The van der Waals surface area contributed by atoms with Crippen molar-refractivity contribution in [3.8, 4) is 0 Å². The number of amides is 1. The molecule has 1 saturated carbocycles. The Morgan fingerprint density at radius 2 is 1.94 bits per heavy atom. The van der Waals surface area contributed by atoms with E-state index in [1.54, 1.807) is 0 Å². The molecule has 0 unspecified atom stereocenters. The van der Waals surface area contributed by atoms with E-state index in [1.165, 1.54) is 19.3 Å². The third-order valence-corrected chi connectivity index (χ3v) is 3.67. The van der Waals surface area contributed by atoms with Gasteiger partial charge in [0.05, 0.1) is 0 Å². The molecule has 0 saturated heterocycles. The van der Waals surface area contributed by atoms with Gasteiger partial charge in [0.2, 0.25) is 0 Å². The molecule has 0 atom stereocenters. The molecule has 0 bridgehead atoms. The van der Waals surface area contributed by atoms with Gasteiger partial charge in [-0.3, -0.25) is 4.79 Å². The number of hydrogen-bond acceptors (Lipinski definition) is 2. The number of benzene rings is 1. The van der Waals surface area contributed by atoms with Crippen molar-refractivity contribution in [1.82, 2.24) is 5.32 Å². The fraction of sp³-hybridized carbons (Fsp3) is 0.500. The summed E-state index contributed by atoms with van der Waals surface area (Å²) in [4.78, 5) is 11.9. The maximum Gasteiger partial charge on any atom is 0.251 e. The Bertz CT molecular complexity index is 393. The van der Waals surface area contributed by atoms with Gasteiger partial charge in [-0.2, -0.15) is 0 Å². The Morgan fingerprint density at radius 3 is 2.41 bits per heavy atom. The zero-order chi connectivity index (χ0) is 12.3. The topological polar surface area (TPSA) is 41.1 Å². The van der Waals surface area contributed by atoms with Gasteiger partial charge < -0.3 is 10.6 Å². The van der Waals surface area contributed by atoms with Crippen LogP contribution >= 0.6 is 0 Å². The Balaban J connectivity index is 1.90. The number of nitrogens with one attached hydrogen (secondary N) is 2. The van der Waals surface area contributed by atoms with Crippen molar-refractivity contribution in [2.75, 3.05) is 18.9 Å². The lowest BCUT2D eigenvalue weighted by Gasteiger charge is -2.38. The summed E-state index contributed by atoms with van der Waals surface area (Å²) in [5.41, 5.74) is 2.08. The molecule has 0 aliphatic heterocycles. The summed E-state index contributed by atoms with van der Waals surface area (Å²) < 4.78 is 0. The zero-order valence-electron chi connectivity index (χ0n) is 10.5. The van der Waals surface area contributed by atoms with Gasteiger partial charge in [0.1, 0.15) is 0 Å². The fourth-order valence-electron chi connectivity index (χ4n) is 2.14. The summed E-state index contributed by atoms with van der Waals surface area (Å²) >= 11 is 0. The Kier molecular flexibility index (Phi) is 3.36. The fourth-order valence-corrected chi connectivity index (χ4v) is 2.14. The molecular weight excluding hydrogens is 212 g/mol. The van der Waals surface area contributed by atoms with Gasteiger partial charge in [0, 0.05) is 24.8 Å². The van der Waals surface area contributed by atoms with Gasteiger partial charge >= 0.3 is 0 Å². The van der Waals surface area contributed by atoms with Gasteiger partial charge in [-0.1, -0.05) is 13.3 Å². The van der Waals surface area contributed by atoms with Crippen molar-refractivity contribution in [2.45, 2.75) is 26.2 Å². The molecule has 1 amide bonds. The normalized spacial score (nSPS) is 17.1. The maximum atomic E-state index is 11.9. The highest BCUT2D eigenvalue weighted by Gasteiger charge is 2.31. The predicted octanol–water partition coefficient (Wildman–Crippen LogP) is 2.65. The van der Waals surface area contributed by atoms with Crippen LogP contribution in [0.3, 0.4) is 0 Å². The van der Waals surface area contributed by atoms with Crippen LogP contribution in [0.25, 0.3) is 0 Å². The summed E-state index contributed by atoms with van der Waals surface area (Å²) in [5, 5.41) is 6.06. The van der Waals surface area contributed by atoms with E-state index in [4.69, 9.17) is 0 Å². The second-order valence-electron chi connectivity index (χ2n) is 5.17. The Hall–Kier alpha value is -1.51. The van der Waals surface area contributed by atoms with Crippen LogP contribution in [0.4, 0.5) is 5.69 Å². The van der Waals surface area contributed by atoms with Gasteiger partial charge in [-0.05, 0) is 42.5 Å². The molecule has 0 aromatic heterocycles. The Labute approximate surface area is 103 Å². The van der Waals surface area contributed by atoms with E-state index in [0.29, 0.717) is 5.41 Å². The number of rotatable bonds is 4. The van der Waals surface area contributed by atoms with Crippen molar-refractivity contribution in [1.29, 1.82) is 0 Å². The van der Waals surface area contributed by atoms with E-state index in [9.17, 15) is 4.79 Å². The van der Waals surface area contributed by atoms with Gasteiger partial charge in [0.25, 0.3) is 5.91 Å². The summed E-state index contributed by atoms with van der Waals surface area (Å²) in [7, 11) is 1.87. The lowest BCUT2D eigenvalue weighted by molar-refractivity contribution is 0.0891. The van der Waals surface area contributed by atoms with Crippen molar-refractivity contribution in [2.24, 2.45) is 5.41 Å². The lowest BCUT2D eigenvalue weighted by atomic mass is 9.70. The van der Waals surface area contributed by atoms with E-state index in [-0.39, 0.29) is 5.91 Å². The molecular formula is C14H20N2O. The second kappa shape index (κ2) is 4.78. The van der Waals surface area contributed by atoms with Crippen molar-refractivity contribution >= 4 is 11.6 Å². The molecule has 1 aromatic rings. The van der Waals surface area contributed by atoms with E-state index in [1.807, 2.05) is 31.3 Å². The average molecular weight is 232 g/mol. The van der Waals surface area contributed by atoms with Crippen LogP contribution in [0, 0.1) is 5.41 Å². The molecule has 2 rings (SSSR count). The van der Waals surface area contributed by atoms with Gasteiger partial charge in [0.15, 0.2) is 0 Å². The molecule has 92 valence electrons. The molecule has 1 aromatic carbocycles. The molecule has 0 spiro atoms. The first-order valence-electron chi connectivity index (χ1n) is 6.19. The van der Waals surface area contributed by atoms with E-state index >= 15 is 0 Å². The molecule has 1 aliphatic rings. The van der Waals surface area contributed by atoms with Crippen molar-refractivity contribution in [3.63, 3.8) is 0 Å². The Morgan fingerprint density at radius 1 is 1.29 bits per heavy atom. The monoisotopic (exact) mass is 232 g/mol. The third-order valence-electron chi connectivity index (χ3n) is 3.67. The van der Waals surface area contributed by atoms with Gasteiger partial charge in [-0.25, -0.2) is 0 Å². The largest absolute Gasteiger partial charge is 0.388 e. The van der Waals surface area contributed by atoms with Crippen LogP contribution in [0.2, 0.25) is 0 Å². The van der Waals surface area contributed by atoms with E-state index in [0.717, 1.165) is 17.8 Å². The number of carbonyl (C=O) groups is 1. The number of hydrogen-bond donors (Lipinski definition) is 2. The highest BCUT2D eigenvalue weighted by atomic mass is 16.1. The van der Waals surface area contributed by atoms with Gasteiger partial charge in [-0.15, -0.1) is 0 Å². The lowest BCUT2D eigenvalue weighted by Crippen LogP contribution is -2.39. The predicted molar refractivity (Wildman–Crippen MR) is 70.3 cm³/mol. The molecule has 1 fully saturated rings.